The van der Waals surface area contributed by atoms with Crippen molar-refractivity contribution in [3.05, 3.63) is 0 Å². The maximum Gasteiger partial charge on any atom is 0.0678 e. The van der Waals surface area contributed by atoms with Gasteiger partial charge in [0.1, 0.15) is 0 Å². The molecule has 0 spiro atoms. The fourth-order valence-electron chi connectivity index (χ4n) is 3.82. The summed E-state index contributed by atoms with van der Waals surface area (Å²) in [6.07, 6.45) is 12.6. The van der Waals surface area contributed by atoms with Gasteiger partial charge in [0.15, 0.2) is 0 Å². The molecule has 0 aliphatic heterocycles. The Bertz CT molecular complexity index is 234. The standard InChI is InChI=1S/C17H34O/c1-5-6-7-8-9-10-11-12-17(18)14-16(3,4)13-15(17)2/h15,18H,5-14H2,1-4H3. The van der Waals surface area contributed by atoms with Crippen LogP contribution in [0.4, 0.5) is 0 Å². The van der Waals surface area contributed by atoms with Crippen LogP contribution < -0.4 is 0 Å². The molecule has 1 nitrogen and oxygen atoms in total. The van der Waals surface area contributed by atoms with Crippen LogP contribution in [0.15, 0.2) is 0 Å². The van der Waals surface area contributed by atoms with E-state index in [0.717, 1.165) is 12.8 Å². The van der Waals surface area contributed by atoms with Crippen molar-refractivity contribution in [1.82, 2.24) is 0 Å². The van der Waals surface area contributed by atoms with Crippen LogP contribution in [-0.2, 0) is 0 Å². The molecule has 0 aromatic rings. The maximum atomic E-state index is 10.7. The van der Waals surface area contributed by atoms with E-state index in [-0.39, 0.29) is 5.60 Å². The highest BCUT2D eigenvalue weighted by Gasteiger charge is 2.46. The lowest BCUT2D eigenvalue weighted by Crippen LogP contribution is -2.31. The van der Waals surface area contributed by atoms with E-state index in [9.17, 15) is 5.11 Å². The van der Waals surface area contributed by atoms with Gasteiger partial charge >= 0.3 is 0 Å². The SMILES string of the molecule is CCCCCCCCCC1(O)CC(C)(C)CC1C. The van der Waals surface area contributed by atoms with Gasteiger partial charge in [-0.1, -0.05) is 72.6 Å². The van der Waals surface area contributed by atoms with Gasteiger partial charge in [-0.05, 0) is 30.6 Å². The summed E-state index contributed by atoms with van der Waals surface area (Å²) in [7, 11) is 0. The van der Waals surface area contributed by atoms with Gasteiger partial charge in [-0.25, -0.2) is 0 Å². The van der Waals surface area contributed by atoms with Crippen molar-refractivity contribution in [1.29, 1.82) is 0 Å². The van der Waals surface area contributed by atoms with E-state index in [4.69, 9.17) is 0 Å². The van der Waals surface area contributed by atoms with Crippen molar-refractivity contribution in [3.8, 4) is 0 Å². The Kier molecular flexibility index (Phi) is 6.17. The van der Waals surface area contributed by atoms with Crippen molar-refractivity contribution >= 4 is 0 Å². The molecule has 1 heteroatoms. The molecule has 2 atom stereocenters. The van der Waals surface area contributed by atoms with E-state index < -0.39 is 0 Å². The Hall–Kier alpha value is -0.0400. The summed E-state index contributed by atoms with van der Waals surface area (Å²) in [5, 5.41) is 10.7. The van der Waals surface area contributed by atoms with E-state index in [0.29, 0.717) is 11.3 Å². The van der Waals surface area contributed by atoms with Crippen LogP contribution in [0.25, 0.3) is 0 Å². The van der Waals surface area contributed by atoms with Gasteiger partial charge in [0, 0.05) is 0 Å². The molecule has 0 saturated heterocycles. The number of rotatable bonds is 8. The molecule has 1 saturated carbocycles. The molecular formula is C17H34O. The lowest BCUT2D eigenvalue weighted by atomic mass is 9.85. The summed E-state index contributed by atoms with van der Waals surface area (Å²) in [5.74, 6) is 0.479. The predicted molar refractivity (Wildman–Crippen MR) is 79.7 cm³/mol. The van der Waals surface area contributed by atoms with Crippen molar-refractivity contribution in [2.24, 2.45) is 11.3 Å². The van der Waals surface area contributed by atoms with Crippen LogP contribution in [-0.4, -0.2) is 10.7 Å². The summed E-state index contributed by atoms with van der Waals surface area (Å²) in [6, 6.07) is 0. The Balaban J connectivity index is 2.15. The zero-order valence-electron chi connectivity index (χ0n) is 13.1. The molecule has 108 valence electrons. The molecule has 2 unspecified atom stereocenters. The molecule has 0 heterocycles. The molecule has 0 amide bonds. The van der Waals surface area contributed by atoms with Gasteiger partial charge in [-0.3, -0.25) is 0 Å². The maximum absolute atomic E-state index is 10.7. The molecule has 1 aliphatic carbocycles. The highest BCUT2D eigenvalue weighted by atomic mass is 16.3. The Morgan fingerprint density at radius 3 is 2.06 bits per heavy atom. The highest BCUT2D eigenvalue weighted by Crippen LogP contribution is 2.49. The number of hydrogen-bond acceptors (Lipinski definition) is 1. The molecule has 0 bridgehead atoms. The first-order chi connectivity index (χ1) is 8.40. The third-order valence-corrected chi connectivity index (χ3v) is 4.77. The van der Waals surface area contributed by atoms with E-state index in [1.807, 2.05) is 0 Å². The third-order valence-electron chi connectivity index (χ3n) is 4.77. The van der Waals surface area contributed by atoms with Gasteiger partial charge in [-0.2, -0.15) is 0 Å². The van der Waals surface area contributed by atoms with Crippen molar-refractivity contribution in [2.45, 2.75) is 97.5 Å². The molecule has 18 heavy (non-hydrogen) atoms. The van der Waals surface area contributed by atoms with E-state index >= 15 is 0 Å². The predicted octanol–water partition coefficient (Wildman–Crippen LogP) is 5.31. The molecule has 1 rings (SSSR count). The zero-order chi connectivity index (χ0) is 13.6. The minimum absolute atomic E-state index is 0.343. The van der Waals surface area contributed by atoms with Crippen LogP contribution in [0.5, 0.6) is 0 Å². The Morgan fingerprint density at radius 2 is 1.56 bits per heavy atom. The van der Waals surface area contributed by atoms with Crippen molar-refractivity contribution in [2.75, 3.05) is 0 Å². The van der Waals surface area contributed by atoms with Crippen molar-refractivity contribution in [3.63, 3.8) is 0 Å². The van der Waals surface area contributed by atoms with Crippen LogP contribution in [0.3, 0.4) is 0 Å². The van der Waals surface area contributed by atoms with Crippen LogP contribution in [0.2, 0.25) is 0 Å². The molecule has 0 aromatic carbocycles. The first kappa shape index (κ1) is 16.0. The molecule has 1 fully saturated rings. The second-order valence-corrected chi connectivity index (χ2v) is 7.42. The normalized spacial score (nSPS) is 30.8. The van der Waals surface area contributed by atoms with E-state index in [2.05, 4.69) is 27.7 Å². The van der Waals surface area contributed by atoms with Crippen molar-refractivity contribution < 1.29 is 5.11 Å². The van der Waals surface area contributed by atoms with Gasteiger partial charge in [0.25, 0.3) is 0 Å². The van der Waals surface area contributed by atoms with Crippen LogP contribution >= 0.6 is 0 Å². The Morgan fingerprint density at radius 1 is 1.00 bits per heavy atom. The molecule has 1 N–H and O–H groups in total. The lowest BCUT2D eigenvalue weighted by Gasteiger charge is -2.28. The van der Waals surface area contributed by atoms with Crippen LogP contribution in [0.1, 0.15) is 91.9 Å². The molecular weight excluding hydrogens is 220 g/mol. The summed E-state index contributed by atoms with van der Waals surface area (Å²) < 4.78 is 0. The molecule has 0 aromatic heterocycles. The number of unbranched alkanes of at least 4 members (excludes halogenated alkanes) is 6. The topological polar surface area (TPSA) is 20.2 Å². The molecule has 1 aliphatic rings. The second-order valence-electron chi connectivity index (χ2n) is 7.42. The van der Waals surface area contributed by atoms with E-state index in [1.54, 1.807) is 0 Å². The van der Waals surface area contributed by atoms with Gasteiger partial charge in [0.05, 0.1) is 5.60 Å². The summed E-state index contributed by atoms with van der Waals surface area (Å²) >= 11 is 0. The monoisotopic (exact) mass is 254 g/mol. The number of hydrogen-bond donors (Lipinski definition) is 1. The summed E-state index contributed by atoms with van der Waals surface area (Å²) in [5.41, 5.74) is -0.0256. The highest BCUT2D eigenvalue weighted by molar-refractivity contribution is 4.98. The smallest absolute Gasteiger partial charge is 0.0678 e. The summed E-state index contributed by atoms with van der Waals surface area (Å²) in [4.78, 5) is 0. The second kappa shape index (κ2) is 6.93. The third kappa shape index (κ3) is 4.91. The minimum atomic E-state index is -0.368. The zero-order valence-corrected chi connectivity index (χ0v) is 13.1. The number of aliphatic hydroxyl groups is 1. The fourth-order valence-corrected chi connectivity index (χ4v) is 3.82. The quantitative estimate of drug-likeness (QED) is 0.582. The van der Waals surface area contributed by atoms with Gasteiger partial charge < -0.3 is 5.11 Å². The first-order valence-corrected chi connectivity index (χ1v) is 8.12. The van der Waals surface area contributed by atoms with Gasteiger partial charge in [-0.15, -0.1) is 0 Å². The van der Waals surface area contributed by atoms with Gasteiger partial charge in [0.2, 0.25) is 0 Å². The molecule has 0 radical (unpaired) electrons. The minimum Gasteiger partial charge on any atom is -0.390 e. The lowest BCUT2D eigenvalue weighted by molar-refractivity contribution is -0.00625. The van der Waals surface area contributed by atoms with Crippen LogP contribution in [0, 0.1) is 11.3 Å². The average molecular weight is 254 g/mol. The Labute approximate surface area is 114 Å². The summed E-state index contributed by atoms with van der Waals surface area (Å²) in [6.45, 7) is 9.09. The average Bonchev–Trinajstić information content (AvgIpc) is 2.46. The largest absolute Gasteiger partial charge is 0.390 e. The fraction of sp³-hybridized carbons (Fsp3) is 1.00. The first-order valence-electron chi connectivity index (χ1n) is 8.12. The van der Waals surface area contributed by atoms with E-state index in [1.165, 1.54) is 51.4 Å².